The average molecular weight is 790 g/mol. The van der Waals surface area contributed by atoms with E-state index >= 15 is 0 Å². The number of benzene rings is 9. The molecule has 0 amide bonds. The molecule has 0 N–H and O–H groups in total. The van der Waals surface area contributed by atoms with Crippen LogP contribution in [0.5, 0.6) is 0 Å². The Balaban J connectivity index is 1.05. The van der Waals surface area contributed by atoms with Crippen LogP contribution in [0.1, 0.15) is 22.3 Å². The van der Waals surface area contributed by atoms with Crippen molar-refractivity contribution in [2.24, 2.45) is 0 Å². The van der Waals surface area contributed by atoms with Gasteiger partial charge in [0.2, 0.25) is 0 Å². The second-order valence-corrected chi connectivity index (χ2v) is 16.3. The second kappa shape index (κ2) is 13.4. The second-order valence-electron chi connectivity index (χ2n) is 16.3. The van der Waals surface area contributed by atoms with Gasteiger partial charge in [0, 0.05) is 27.5 Å². The first-order valence-electron chi connectivity index (χ1n) is 21.1. The average Bonchev–Trinajstić information content (AvgIpc) is 3.84. The fraction of sp³-hybridized carbons (Fsp3) is 0.0172. The SMILES string of the molecule is c1ccc(-c2ccc(-c3nc(-c4ccc5c(c4)-c4ccccc4-c4ccccc4C54c5ccccc5-c5ccccc54)nc(-c4ccc5c(c4)oc4ccccc45)n3)cc2)cc1. The molecule has 0 radical (unpaired) electrons. The van der Waals surface area contributed by atoms with Gasteiger partial charge in [0.1, 0.15) is 11.2 Å². The van der Waals surface area contributed by atoms with Crippen LogP contribution in [-0.2, 0) is 5.41 Å². The molecular formula is C58H35N3O. The van der Waals surface area contributed by atoms with Gasteiger partial charge in [-0.25, -0.2) is 15.0 Å². The zero-order valence-corrected chi connectivity index (χ0v) is 33.5. The van der Waals surface area contributed by atoms with Crippen LogP contribution in [0.4, 0.5) is 0 Å². The normalized spacial score (nSPS) is 13.0. The Bertz CT molecular complexity index is 3540. The lowest BCUT2D eigenvalue weighted by Gasteiger charge is -2.35. The maximum absolute atomic E-state index is 6.36. The molecule has 2 aliphatic rings. The van der Waals surface area contributed by atoms with Crippen LogP contribution < -0.4 is 0 Å². The van der Waals surface area contributed by atoms with Crippen LogP contribution in [-0.4, -0.2) is 15.0 Å². The predicted molar refractivity (Wildman–Crippen MR) is 251 cm³/mol. The van der Waals surface area contributed by atoms with Crippen molar-refractivity contribution in [3.8, 4) is 78.7 Å². The maximum Gasteiger partial charge on any atom is 0.164 e. The lowest BCUT2D eigenvalue weighted by atomic mass is 9.66. The van der Waals surface area contributed by atoms with Gasteiger partial charge in [0.25, 0.3) is 0 Å². The number of rotatable bonds is 4. The summed E-state index contributed by atoms with van der Waals surface area (Å²) in [7, 11) is 0. The van der Waals surface area contributed by atoms with E-state index in [0.717, 1.165) is 55.3 Å². The van der Waals surface area contributed by atoms with Gasteiger partial charge in [-0.15, -0.1) is 0 Å². The summed E-state index contributed by atoms with van der Waals surface area (Å²) in [5, 5.41) is 2.15. The molecule has 11 aromatic rings. The minimum Gasteiger partial charge on any atom is -0.456 e. The molecule has 2 aromatic heterocycles. The van der Waals surface area contributed by atoms with Crippen LogP contribution in [0.25, 0.3) is 101 Å². The van der Waals surface area contributed by atoms with Gasteiger partial charge >= 0.3 is 0 Å². The zero-order valence-electron chi connectivity index (χ0n) is 33.5. The highest BCUT2D eigenvalue weighted by Gasteiger charge is 2.49. The predicted octanol–water partition coefficient (Wildman–Crippen LogP) is 14.4. The summed E-state index contributed by atoms with van der Waals surface area (Å²) in [5.74, 6) is 1.79. The molecule has 288 valence electrons. The summed E-state index contributed by atoms with van der Waals surface area (Å²) in [6, 6.07) is 75.9. The number of fused-ring (bicyclic) bond motifs is 15. The van der Waals surface area contributed by atoms with Crippen molar-refractivity contribution < 1.29 is 4.42 Å². The van der Waals surface area contributed by atoms with E-state index in [-0.39, 0.29) is 0 Å². The summed E-state index contributed by atoms with van der Waals surface area (Å²) in [6.07, 6.45) is 0. The molecule has 2 aliphatic carbocycles. The third-order valence-corrected chi connectivity index (χ3v) is 13.0. The molecule has 0 atom stereocenters. The summed E-state index contributed by atoms with van der Waals surface area (Å²) in [5.41, 5.74) is 18.5. The third kappa shape index (κ3) is 5.04. The van der Waals surface area contributed by atoms with E-state index in [0.29, 0.717) is 17.5 Å². The molecule has 0 saturated carbocycles. The fourth-order valence-corrected chi connectivity index (χ4v) is 10.3. The summed E-state index contributed by atoms with van der Waals surface area (Å²) >= 11 is 0. The molecule has 2 heterocycles. The molecule has 0 aliphatic heterocycles. The molecule has 0 bridgehead atoms. The smallest absolute Gasteiger partial charge is 0.164 e. The lowest BCUT2D eigenvalue weighted by Crippen LogP contribution is -2.29. The first-order valence-corrected chi connectivity index (χ1v) is 21.1. The van der Waals surface area contributed by atoms with Crippen molar-refractivity contribution in [2.75, 3.05) is 0 Å². The van der Waals surface area contributed by atoms with Crippen molar-refractivity contribution in [1.29, 1.82) is 0 Å². The van der Waals surface area contributed by atoms with Gasteiger partial charge in [-0.3, -0.25) is 0 Å². The van der Waals surface area contributed by atoms with E-state index < -0.39 is 5.41 Å². The number of hydrogen-bond donors (Lipinski definition) is 0. The molecule has 4 nitrogen and oxygen atoms in total. The van der Waals surface area contributed by atoms with Crippen LogP contribution in [0, 0.1) is 0 Å². The molecule has 0 saturated heterocycles. The molecule has 62 heavy (non-hydrogen) atoms. The van der Waals surface area contributed by atoms with Gasteiger partial charge in [-0.1, -0.05) is 188 Å². The Morgan fingerprint density at radius 2 is 0.694 bits per heavy atom. The van der Waals surface area contributed by atoms with E-state index in [1.54, 1.807) is 0 Å². The van der Waals surface area contributed by atoms with Gasteiger partial charge in [0.15, 0.2) is 17.5 Å². The Morgan fingerprint density at radius 1 is 0.274 bits per heavy atom. The minimum absolute atomic E-state index is 0.561. The first kappa shape index (κ1) is 34.6. The molecular weight excluding hydrogens is 755 g/mol. The molecule has 4 heteroatoms. The standard InChI is InChI=1S/C58H35N3O/c1-2-14-36(15-3-1)37-26-28-38(29-27-37)55-59-56(61-57(60-55)40-30-32-47-46-21-9-13-25-53(46)62-54(47)35-40)39-31-33-52-48(34-39)42-17-5-4-16-41(42)43-18-6-10-22-49(43)58(52)50-23-11-7-19-44(50)45-20-8-12-24-51(45)58/h1-35H. The summed E-state index contributed by atoms with van der Waals surface area (Å²) in [4.78, 5) is 15.7. The highest BCUT2D eigenvalue weighted by atomic mass is 16.3. The van der Waals surface area contributed by atoms with Gasteiger partial charge < -0.3 is 4.42 Å². The van der Waals surface area contributed by atoms with E-state index in [2.05, 4.69) is 188 Å². The number of para-hydroxylation sites is 1. The van der Waals surface area contributed by atoms with Gasteiger partial charge in [-0.05, 0) is 91.0 Å². The molecule has 1 spiro atoms. The third-order valence-electron chi connectivity index (χ3n) is 13.0. The Labute approximate surface area is 358 Å². The number of aromatic nitrogens is 3. The number of furan rings is 1. The van der Waals surface area contributed by atoms with Crippen molar-refractivity contribution in [2.45, 2.75) is 5.41 Å². The van der Waals surface area contributed by atoms with E-state index in [4.69, 9.17) is 19.4 Å². The van der Waals surface area contributed by atoms with Crippen LogP contribution >= 0.6 is 0 Å². The van der Waals surface area contributed by atoms with Gasteiger partial charge in [0.05, 0.1) is 5.41 Å². The Morgan fingerprint density at radius 3 is 1.35 bits per heavy atom. The quantitative estimate of drug-likeness (QED) is 0.178. The van der Waals surface area contributed by atoms with Crippen LogP contribution in [0.3, 0.4) is 0 Å². The van der Waals surface area contributed by atoms with Crippen LogP contribution in [0.15, 0.2) is 217 Å². The zero-order chi connectivity index (χ0) is 40.8. The molecule has 0 unspecified atom stereocenters. The van der Waals surface area contributed by atoms with E-state index in [1.165, 1.54) is 50.1 Å². The fourth-order valence-electron chi connectivity index (χ4n) is 10.3. The maximum atomic E-state index is 6.36. The Hall–Kier alpha value is -8.21. The molecule has 13 rings (SSSR count). The number of nitrogens with zero attached hydrogens (tertiary/aromatic N) is 3. The first-order chi connectivity index (χ1) is 30.7. The largest absolute Gasteiger partial charge is 0.456 e. The lowest BCUT2D eigenvalue weighted by molar-refractivity contribution is 0.669. The molecule has 0 fully saturated rings. The Kier molecular flexibility index (Phi) is 7.49. The topological polar surface area (TPSA) is 51.8 Å². The van der Waals surface area contributed by atoms with E-state index in [1.807, 2.05) is 24.3 Å². The van der Waals surface area contributed by atoms with Crippen molar-refractivity contribution >= 4 is 21.9 Å². The summed E-state index contributed by atoms with van der Waals surface area (Å²) in [6.45, 7) is 0. The van der Waals surface area contributed by atoms with Crippen molar-refractivity contribution in [3.05, 3.63) is 235 Å². The number of hydrogen-bond acceptors (Lipinski definition) is 4. The van der Waals surface area contributed by atoms with E-state index in [9.17, 15) is 0 Å². The highest BCUT2D eigenvalue weighted by Crippen LogP contribution is 2.61. The molecule has 9 aromatic carbocycles. The van der Waals surface area contributed by atoms with Crippen molar-refractivity contribution in [3.63, 3.8) is 0 Å². The van der Waals surface area contributed by atoms with Gasteiger partial charge in [-0.2, -0.15) is 0 Å². The highest BCUT2D eigenvalue weighted by molar-refractivity contribution is 6.06. The monoisotopic (exact) mass is 789 g/mol. The summed E-state index contributed by atoms with van der Waals surface area (Å²) < 4.78 is 6.36. The van der Waals surface area contributed by atoms with Crippen LogP contribution in [0.2, 0.25) is 0 Å². The minimum atomic E-state index is -0.561. The van der Waals surface area contributed by atoms with Crippen molar-refractivity contribution in [1.82, 2.24) is 15.0 Å².